The Morgan fingerprint density at radius 1 is 1.06 bits per heavy atom. The summed E-state index contributed by atoms with van der Waals surface area (Å²) in [6.07, 6.45) is 4.86. The van der Waals surface area contributed by atoms with Crippen LogP contribution in [0.4, 0.5) is 5.69 Å². The topological polar surface area (TPSA) is 62.2 Å². The van der Waals surface area contributed by atoms with E-state index in [4.69, 9.17) is 18.9 Å². The number of ether oxygens (including phenoxy) is 4. The average Bonchev–Trinajstić information content (AvgIpc) is 3.29. The molecular weight excluding hydrogens is 408 g/mol. The largest absolute Gasteiger partial charge is 0.487 e. The summed E-state index contributed by atoms with van der Waals surface area (Å²) in [5.41, 5.74) is 3.44. The first kappa shape index (κ1) is 20.6. The molecule has 0 aliphatic carbocycles. The Morgan fingerprint density at radius 3 is 2.47 bits per heavy atom. The van der Waals surface area contributed by atoms with Gasteiger partial charge in [0, 0.05) is 18.8 Å². The second-order valence-electron chi connectivity index (χ2n) is 7.94. The Hall–Kier alpha value is -3.29. The molecule has 3 heterocycles. The Morgan fingerprint density at radius 2 is 1.81 bits per heavy atom. The average molecular weight is 434 g/mol. The lowest BCUT2D eigenvalue weighted by Gasteiger charge is -2.41. The van der Waals surface area contributed by atoms with Crippen LogP contribution in [-0.2, 0) is 20.8 Å². The Labute approximate surface area is 187 Å². The van der Waals surface area contributed by atoms with Crippen molar-refractivity contribution in [1.82, 2.24) is 4.57 Å². The van der Waals surface area contributed by atoms with Crippen molar-refractivity contribution >= 4 is 11.7 Å². The van der Waals surface area contributed by atoms with Crippen LogP contribution in [0, 0.1) is 0 Å². The highest BCUT2D eigenvalue weighted by Crippen LogP contribution is 2.33. The lowest BCUT2D eigenvalue weighted by molar-refractivity contribution is -0.220. The van der Waals surface area contributed by atoms with Gasteiger partial charge in [-0.05, 0) is 42.0 Å². The quantitative estimate of drug-likeness (QED) is 0.503. The van der Waals surface area contributed by atoms with Gasteiger partial charge in [-0.3, -0.25) is 0 Å². The van der Waals surface area contributed by atoms with Crippen molar-refractivity contribution in [1.29, 1.82) is 0 Å². The second kappa shape index (κ2) is 9.06. The molecule has 2 fully saturated rings. The summed E-state index contributed by atoms with van der Waals surface area (Å²) in [5, 5.41) is 0. The highest BCUT2D eigenvalue weighted by molar-refractivity contribution is 5.96. The molecule has 32 heavy (non-hydrogen) atoms. The normalized spacial score (nSPS) is 18.0. The molecule has 0 saturated carbocycles. The van der Waals surface area contributed by atoms with Gasteiger partial charge in [-0.2, -0.15) is 0 Å². The first-order chi connectivity index (χ1) is 15.7. The number of benzene rings is 2. The molecule has 1 aromatic heterocycles. The van der Waals surface area contributed by atoms with Crippen molar-refractivity contribution < 1.29 is 23.7 Å². The van der Waals surface area contributed by atoms with E-state index in [0.717, 1.165) is 48.8 Å². The molecular formula is C25H26N2O5. The molecule has 0 spiro atoms. The molecule has 1 atom stereocenters. The summed E-state index contributed by atoms with van der Waals surface area (Å²) in [7, 11) is 1.40. The van der Waals surface area contributed by atoms with Gasteiger partial charge in [0.25, 0.3) is 0 Å². The van der Waals surface area contributed by atoms with Gasteiger partial charge >= 0.3 is 5.97 Å². The van der Waals surface area contributed by atoms with Crippen molar-refractivity contribution in [2.45, 2.75) is 25.4 Å². The summed E-state index contributed by atoms with van der Waals surface area (Å²) >= 11 is 0. The molecule has 0 N–H and O–H groups in total. The van der Waals surface area contributed by atoms with Crippen molar-refractivity contribution in [3.05, 3.63) is 78.1 Å². The summed E-state index contributed by atoms with van der Waals surface area (Å²) in [4.78, 5) is 14.6. The van der Waals surface area contributed by atoms with Gasteiger partial charge in [0.15, 0.2) is 6.29 Å². The molecule has 0 bridgehead atoms. The van der Waals surface area contributed by atoms with Crippen LogP contribution < -0.4 is 9.64 Å². The maximum atomic E-state index is 12.4. The third-order valence-electron chi connectivity index (χ3n) is 5.79. The number of carbonyl (C=O) groups is 1. The maximum absolute atomic E-state index is 12.4. The van der Waals surface area contributed by atoms with Crippen molar-refractivity contribution in [2.75, 3.05) is 31.7 Å². The number of methoxy groups -OCH3 is 1. The monoisotopic (exact) mass is 434 g/mol. The Balaban J connectivity index is 1.23. The van der Waals surface area contributed by atoms with Crippen LogP contribution in [0.2, 0.25) is 0 Å². The first-order valence-electron chi connectivity index (χ1n) is 10.8. The number of aromatic nitrogens is 1. The predicted molar refractivity (Wildman–Crippen MR) is 119 cm³/mol. The number of esters is 1. The van der Waals surface area contributed by atoms with Crippen LogP contribution >= 0.6 is 0 Å². The zero-order chi connectivity index (χ0) is 21.9. The maximum Gasteiger partial charge on any atom is 0.340 e. The molecule has 0 radical (unpaired) electrons. The highest BCUT2D eigenvalue weighted by Gasteiger charge is 2.32. The van der Waals surface area contributed by atoms with Gasteiger partial charge in [0.2, 0.25) is 0 Å². The molecule has 5 rings (SSSR count). The van der Waals surface area contributed by atoms with E-state index in [1.165, 1.54) is 7.11 Å². The van der Waals surface area contributed by atoms with E-state index in [9.17, 15) is 4.79 Å². The van der Waals surface area contributed by atoms with E-state index in [2.05, 4.69) is 4.90 Å². The number of para-hydroxylation sites is 1. The predicted octanol–water partition coefficient (Wildman–Crippen LogP) is 3.79. The molecule has 3 aromatic rings. The van der Waals surface area contributed by atoms with Gasteiger partial charge in [-0.1, -0.05) is 18.2 Å². The standard InChI is InChI=1S/C25H26N2O5/c1-29-25(28)21-5-4-6-22(24(21)26-12-2-3-13-26)27-15-20(16-27)32-19-9-7-18(8-10-19)17-31-23-11-14-30-23/h2-10,12-13,20,23H,11,14-17H2,1H3. The molecule has 7 heteroatoms. The van der Waals surface area contributed by atoms with Gasteiger partial charge in [-0.15, -0.1) is 0 Å². The summed E-state index contributed by atoms with van der Waals surface area (Å²) in [6, 6.07) is 17.6. The van der Waals surface area contributed by atoms with Crippen LogP contribution in [0.3, 0.4) is 0 Å². The third-order valence-corrected chi connectivity index (χ3v) is 5.79. The SMILES string of the molecule is COC(=O)c1cccc(N2CC(Oc3ccc(COC4CCO4)cc3)C2)c1-n1cccc1. The Kier molecular flexibility index (Phi) is 5.83. The summed E-state index contributed by atoms with van der Waals surface area (Å²) in [6.45, 7) is 2.81. The minimum Gasteiger partial charge on any atom is -0.487 e. The van der Waals surface area contributed by atoms with Crippen molar-refractivity contribution in [2.24, 2.45) is 0 Å². The van der Waals surface area contributed by atoms with Crippen LogP contribution in [0.15, 0.2) is 67.0 Å². The van der Waals surface area contributed by atoms with Crippen molar-refractivity contribution in [3.8, 4) is 11.4 Å². The fraction of sp³-hybridized carbons (Fsp3) is 0.320. The fourth-order valence-electron chi connectivity index (χ4n) is 3.92. The van der Waals surface area contributed by atoms with Crippen LogP contribution in [-0.4, -0.2) is 49.7 Å². The molecule has 0 amide bonds. The first-order valence-corrected chi connectivity index (χ1v) is 10.8. The minimum atomic E-state index is -0.350. The molecule has 2 aromatic carbocycles. The molecule has 7 nitrogen and oxygen atoms in total. The molecule has 2 saturated heterocycles. The van der Waals surface area contributed by atoms with E-state index in [1.807, 2.05) is 65.5 Å². The number of carbonyl (C=O) groups excluding carboxylic acids is 1. The molecule has 166 valence electrons. The number of anilines is 1. The number of rotatable bonds is 8. The Bertz CT molecular complexity index is 1050. The molecule has 2 aliphatic rings. The van der Waals surface area contributed by atoms with Gasteiger partial charge in [0.05, 0.1) is 50.4 Å². The second-order valence-corrected chi connectivity index (χ2v) is 7.94. The lowest BCUT2D eigenvalue weighted by Crippen LogP contribution is -2.54. The van der Waals surface area contributed by atoms with Crippen LogP contribution in [0.25, 0.3) is 5.69 Å². The van der Waals surface area contributed by atoms with Crippen molar-refractivity contribution in [3.63, 3.8) is 0 Å². The van der Waals surface area contributed by atoms with E-state index < -0.39 is 0 Å². The van der Waals surface area contributed by atoms with E-state index in [1.54, 1.807) is 6.07 Å². The van der Waals surface area contributed by atoms with Gasteiger partial charge in [-0.25, -0.2) is 4.79 Å². The van der Waals surface area contributed by atoms with Crippen LogP contribution in [0.1, 0.15) is 22.3 Å². The minimum absolute atomic E-state index is 0.0546. The number of hydrogen-bond acceptors (Lipinski definition) is 6. The highest BCUT2D eigenvalue weighted by atomic mass is 16.7. The lowest BCUT2D eigenvalue weighted by atomic mass is 10.1. The summed E-state index contributed by atoms with van der Waals surface area (Å²) < 4.78 is 24.0. The summed E-state index contributed by atoms with van der Waals surface area (Å²) in [5.74, 6) is 0.490. The number of hydrogen-bond donors (Lipinski definition) is 0. The zero-order valence-electron chi connectivity index (χ0n) is 18.0. The van der Waals surface area contributed by atoms with E-state index in [-0.39, 0.29) is 18.4 Å². The third kappa shape index (κ3) is 4.22. The zero-order valence-corrected chi connectivity index (χ0v) is 18.0. The smallest absolute Gasteiger partial charge is 0.340 e. The molecule has 2 aliphatic heterocycles. The molecule has 1 unspecified atom stereocenters. The van der Waals surface area contributed by atoms with E-state index in [0.29, 0.717) is 12.2 Å². The number of nitrogens with zero attached hydrogens (tertiary/aromatic N) is 2. The fourth-order valence-corrected chi connectivity index (χ4v) is 3.92. The van der Waals surface area contributed by atoms with E-state index >= 15 is 0 Å². The van der Waals surface area contributed by atoms with Crippen LogP contribution in [0.5, 0.6) is 5.75 Å². The van der Waals surface area contributed by atoms with Gasteiger partial charge in [0.1, 0.15) is 11.9 Å². The van der Waals surface area contributed by atoms with Gasteiger partial charge < -0.3 is 28.4 Å².